The van der Waals surface area contributed by atoms with E-state index in [1.807, 2.05) is 15.7 Å². The minimum absolute atomic E-state index is 0.0145. The number of thiophene rings is 2. The highest BCUT2D eigenvalue weighted by Gasteiger charge is 2.23. The number of amides is 2. The van der Waals surface area contributed by atoms with Crippen LogP contribution in [0.25, 0.3) is 10.2 Å². The Hall–Kier alpha value is -2.56. The summed E-state index contributed by atoms with van der Waals surface area (Å²) in [5.74, 6) is 0.744. The molecule has 1 aliphatic heterocycles. The van der Waals surface area contributed by atoms with Crippen molar-refractivity contribution in [3.05, 3.63) is 49.0 Å². The molecular weight excluding hydrogens is 470 g/mol. The molecule has 1 aliphatic carbocycles. The first-order chi connectivity index (χ1) is 16.6. The lowest BCUT2D eigenvalue weighted by atomic mass is 9.97. The number of aryl methyl sites for hydroxylation is 2. The summed E-state index contributed by atoms with van der Waals surface area (Å²) in [5, 5.41) is 7.35. The molecule has 4 heterocycles. The van der Waals surface area contributed by atoms with E-state index < -0.39 is 0 Å². The molecule has 5 rings (SSSR count). The molecule has 2 N–H and O–H groups in total. The Balaban J connectivity index is 1.09. The average Bonchev–Trinajstić information content (AvgIpc) is 3.50. The molecule has 0 aromatic carbocycles. The molecule has 1 fully saturated rings. The fraction of sp³-hybridized carbons (Fsp3) is 0.500. The highest BCUT2D eigenvalue weighted by molar-refractivity contribution is 7.18. The van der Waals surface area contributed by atoms with Crippen LogP contribution in [0, 0.1) is 0 Å². The molecule has 0 spiro atoms. The summed E-state index contributed by atoms with van der Waals surface area (Å²) in [4.78, 5) is 51.4. The zero-order valence-corrected chi connectivity index (χ0v) is 20.7. The Bertz CT molecular complexity index is 1230. The number of fused-ring (bicyclic) bond motifs is 3. The first-order valence-corrected chi connectivity index (χ1v) is 13.7. The largest absolute Gasteiger partial charge is 0.352 e. The number of nitrogens with one attached hydrogen (secondary N) is 2. The third-order valence-electron chi connectivity index (χ3n) is 6.61. The third-order valence-corrected chi connectivity index (χ3v) is 8.48. The van der Waals surface area contributed by atoms with Crippen molar-refractivity contribution in [2.45, 2.75) is 45.1 Å². The second-order valence-electron chi connectivity index (χ2n) is 8.93. The molecule has 180 valence electrons. The van der Waals surface area contributed by atoms with Crippen molar-refractivity contribution in [3.8, 4) is 0 Å². The highest BCUT2D eigenvalue weighted by Crippen LogP contribution is 2.33. The average molecular weight is 500 g/mol. The van der Waals surface area contributed by atoms with E-state index in [4.69, 9.17) is 4.98 Å². The van der Waals surface area contributed by atoms with E-state index in [0.717, 1.165) is 42.6 Å². The molecule has 3 aromatic rings. The SMILES string of the molecule is O=C(NCCCC(=O)N1CCN(Cc2nc3sc4c(c3c(=O)[nH]2)CCCC4)CC1)c1ccsc1. The molecular formula is C24H29N5O3S2. The van der Waals surface area contributed by atoms with Crippen LogP contribution in [-0.4, -0.2) is 64.3 Å². The summed E-state index contributed by atoms with van der Waals surface area (Å²) in [6.07, 6.45) is 5.44. The molecule has 0 saturated carbocycles. The number of hydrogen-bond donors (Lipinski definition) is 2. The molecule has 0 unspecified atom stereocenters. The van der Waals surface area contributed by atoms with Gasteiger partial charge in [-0.3, -0.25) is 19.3 Å². The van der Waals surface area contributed by atoms with Crippen LogP contribution < -0.4 is 10.9 Å². The summed E-state index contributed by atoms with van der Waals surface area (Å²) < 4.78 is 0. The number of aromatic amines is 1. The fourth-order valence-electron chi connectivity index (χ4n) is 4.75. The highest BCUT2D eigenvalue weighted by atomic mass is 32.1. The van der Waals surface area contributed by atoms with Crippen molar-refractivity contribution in [1.29, 1.82) is 0 Å². The molecule has 34 heavy (non-hydrogen) atoms. The third kappa shape index (κ3) is 5.08. The maximum atomic E-state index is 12.8. The van der Waals surface area contributed by atoms with Gasteiger partial charge in [0.2, 0.25) is 5.91 Å². The Morgan fingerprint density at radius 2 is 1.97 bits per heavy atom. The predicted molar refractivity (Wildman–Crippen MR) is 135 cm³/mol. The van der Waals surface area contributed by atoms with E-state index in [2.05, 4.69) is 15.2 Å². The van der Waals surface area contributed by atoms with Crippen molar-refractivity contribution in [2.75, 3.05) is 32.7 Å². The van der Waals surface area contributed by atoms with Gasteiger partial charge in [-0.2, -0.15) is 11.3 Å². The molecule has 3 aromatic heterocycles. The lowest BCUT2D eigenvalue weighted by Gasteiger charge is -2.34. The predicted octanol–water partition coefficient (Wildman–Crippen LogP) is 2.78. The number of piperazine rings is 1. The lowest BCUT2D eigenvalue weighted by molar-refractivity contribution is -0.133. The topological polar surface area (TPSA) is 98.4 Å². The number of nitrogens with zero attached hydrogens (tertiary/aromatic N) is 3. The fourth-order valence-corrected chi connectivity index (χ4v) is 6.66. The van der Waals surface area contributed by atoms with E-state index >= 15 is 0 Å². The van der Waals surface area contributed by atoms with E-state index in [9.17, 15) is 14.4 Å². The number of carbonyl (C=O) groups is 2. The minimum Gasteiger partial charge on any atom is -0.352 e. The van der Waals surface area contributed by atoms with Gasteiger partial charge < -0.3 is 15.2 Å². The van der Waals surface area contributed by atoms with Crippen LogP contribution in [0.2, 0.25) is 0 Å². The zero-order chi connectivity index (χ0) is 23.5. The number of carbonyl (C=O) groups excluding carboxylic acids is 2. The van der Waals surface area contributed by atoms with Crippen molar-refractivity contribution in [2.24, 2.45) is 0 Å². The van der Waals surface area contributed by atoms with Crippen molar-refractivity contribution >= 4 is 44.7 Å². The molecule has 0 radical (unpaired) electrons. The van der Waals surface area contributed by atoms with Crippen LogP contribution in [0.15, 0.2) is 21.6 Å². The summed E-state index contributed by atoms with van der Waals surface area (Å²) in [6.45, 7) is 3.92. The van der Waals surface area contributed by atoms with E-state index in [-0.39, 0.29) is 17.4 Å². The first kappa shape index (κ1) is 23.2. The van der Waals surface area contributed by atoms with Crippen LogP contribution in [0.5, 0.6) is 0 Å². The molecule has 0 bridgehead atoms. The smallest absolute Gasteiger partial charge is 0.259 e. The summed E-state index contributed by atoms with van der Waals surface area (Å²) >= 11 is 3.17. The molecule has 8 nitrogen and oxygen atoms in total. The quantitative estimate of drug-likeness (QED) is 0.487. The Morgan fingerprint density at radius 3 is 2.76 bits per heavy atom. The normalized spacial score (nSPS) is 16.5. The minimum atomic E-state index is -0.0881. The van der Waals surface area contributed by atoms with Gasteiger partial charge in [0, 0.05) is 55.0 Å². The van der Waals surface area contributed by atoms with Crippen LogP contribution >= 0.6 is 22.7 Å². The Labute approximate surface area is 206 Å². The lowest BCUT2D eigenvalue weighted by Crippen LogP contribution is -2.48. The summed E-state index contributed by atoms with van der Waals surface area (Å²) in [5.41, 5.74) is 1.87. The maximum absolute atomic E-state index is 12.8. The van der Waals surface area contributed by atoms with E-state index in [1.165, 1.54) is 28.2 Å². The van der Waals surface area contributed by atoms with Gasteiger partial charge >= 0.3 is 0 Å². The molecule has 1 saturated heterocycles. The maximum Gasteiger partial charge on any atom is 0.259 e. The van der Waals surface area contributed by atoms with E-state index in [1.54, 1.807) is 17.4 Å². The zero-order valence-electron chi connectivity index (χ0n) is 19.1. The number of aromatic nitrogens is 2. The van der Waals surface area contributed by atoms with Gasteiger partial charge in [-0.15, -0.1) is 11.3 Å². The summed E-state index contributed by atoms with van der Waals surface area (Å²) in [6, 6.07) is 1.79. The molecule has 2 amide bonds. The van der Waals surface area contributed by atoms with Crippen LogP contribution in [0.4, 0.5) is 0 Å². The van der Waals surface area contributed by atoms with Crippen LogP contribution in [-0.2, 0) is 24.2 Å². The van der Waals surface area contributed by atoms with Crippen molar-refractivity contribution < 1.29 is 9.59 Å². The second kappa shape index (κ2) is 10.4. The van der Waals surface area contributed by atoms with Gasteiger partial charge in [-0.05, 0) is 49.1 Å². The first-order valence-electron chi connectivity index (χ1n) is 11.9. The van der Waals surface area contributed by atoms with Crippen molar-refractivity contribution in [1.82, 2.24) is 25.1 Å². The standard InChI is InChI=1S/C24H29N5O3S2/c30-20(6-3-8-25-22(31)16-7-13-33-15-16)29-11-9-28(10-12-29)14-19-26-23(32)21-17-4-1-2-5-18(17)34-24(21)27-19/h7,13,15H,1-6,8-12,14H2,(H,25,31)(H,26,27,32). The molecule has 2 aliphatic rings. The Kier molecular flexibility index (Phi) is 7.07. The number of hydrogen-bond acceptors (Lipinski definition) is 7. The molecule has 10 heteroatoms. The monoisotopic (exact) mass is 499 g/mol. The number of rotatable bonds is 7. The summed E-state index contributed by atoms with van der Waals surface area (Å²) in [7, 11) is 0. The van der Waals surface area contributed by atoms with E-state index in [0.29, 0.717) is 50.4 Å². The molecule has 0 atom stereocenters. The second-order valence-corrected chi connectivity index (χ2v) is 10.8. The van der Waals surface area contributed by atoms with Gasteiger partial charge in [-0.1, -0.05) is 0 Å². The van der Waals surface area contributed by atoms with Gasteiger partial charge in [0.1, 0.15) is 10.7 Å². The van der Waals surface area contributed by atoms with Crippen LogP contribution in [0.3, 0.4) is 0 Å². The van der Waals surface area contributed by atoms with Gasteiger partial charge in [0.25, 0.3) is 11.5 Å². The van der Waals surface area contributed by atoms with Gasteiger partial charge in [0.15, 0.2) is 0 Å². The van der Waals surface area contributed by atoms with Crippen molar-refractivity contribution in [3.63, 3.8) is 0 Å². The van der Waals surface area contributed by atoms with Crippen LogP contribution in [0.1, 0.15) is 52.3 Å². The van der Waals surface area contributed by atoms with Gasteiger partial charge in [0.05, 0.1) is 11.9 Å². The van der Waals surface area contributed by atoms with Gasteiger partial charge in [-0.25, -0.2) is 4.98 Å². The Morgan fingerprint density at radius 1 is 1.15 bits per heavy atom. The number of H-pyrrole nitrogens is 1.